The first-order chi connectivity index (χ1) is 11.8. The highest BCUT2D eigenvalue weighted by Gasteiger charge is 2.46. The molecule has 0 aromatic rings. The summed E-state index contributed by atoms with van der Waals surface area (Å²) >= 11 is 0. The predicted octanol–water partition coefficient (Wildman–Crippen LogP) is 6.20. The van der Waals surface area contributed by atoms with Gasteiger partial charge in [0, 0.05) is 19.8 Å². The van der Waals surface area contributed by atoms with Crippen LogP contribution in [0.2, 0.25) is 0 Å². The Morgan fingerprint density at radius 3 is 1.54 bits per heavy atom. The van der Waals surface area contributed by atoms with Crippen molar-refractivity contribution in [3.63, 3.8) is 0 Å². The number of allylic oxidation sites excluding steroid dienone is 2. The first kappa shape index (κ1) is 21.9. The zero-order chi connectivity index (χ0) is 17.5. The van der Waals surface area contributed by atoms with Crippen LogP contribution in [-0.2, 0) is 13.3 Å². The number of hydrogen-bond acceptors (Lipinski definition) is 3. The number of unbranched alkanes of at least 4 members (excludes halogenated alkanes) is 6. The van der Waals surface area contributed by atoms with Crippen LogP contribution in [0.15, 0.2) is 11.3 Å². The van der Waals surface area contributed by atoms with Crippen molar-refractivity contribution in [1.82, 2.24) is 0 Å². The molecule has 0 N–H and O–H groups in total. The van der Waals surface area contributed by atoms with Crippen molar-refractivity contribution >= 4 is 8.80 Å². The average Bonchev–Trinajstić information content (AvgIpc) is 3.14. The summed E-state index contributed by atoms with van der Waals surface area (Å²) in [4.78, 5) is 0. The maximum atomic E-state index is 6.40. The SMILES string of the molecule is CCCCCO[Si](OCCCCC)(OCCCCC)C1=CCCC1. The zero-order valence-corrected chi connectivity index (χ0v) is 17.4. The van der Waals surface area contributed by atoms with E-state index in [0.29, 0.717) is 0 Å². The van der Waals surface area contributed by atoms with Crippen LogP contribution in [0.5, 0.6) is 0 Å². The molecule has 0 aliphatic heterocycles. The van der Waals surface area contributed by atoms with Gasteiger partial charge in [-0.05, 0) is 43.7 Å². The normalized spacial score (nSPS) is 15.0. The van der Waals surface area contributed by atoms with Crippen LogP contribution in [0.1, 0.15) is 97.8 Å². The summed E-state index contributed by atoms with van der Waals surface area (Å²) in [5.41, 5.74) is 0. The van der Waals surface area contributed by atoms with Gasteiger partial charge in [0.2, 0.25) is 0 Å². The molecule has 0 saturated carbocycles. The van der Waals surface area contributed by atoms with Gasteiger partial charge in [-0.3, -0.25) is 0 Å². The van der Waals surface area contributed by atoms with Crippen molar-refractivity contribution in [2.45, 2.75) is 97.8 Å². The molecule has 1 aliphatic carbocycles. The molecule has 0 atom stereocenters. The van der Waals surface area contributed by atoms with Crippen LogP contribution in [0.4, 0.5) is 0 Å². The van der Waals surface area contributed by atoms with Crippen molar-refractivity contribution in [1.29, 1.82) is 0 Å². The molecule has 24 heavy (non-hydrogen) atoms. The van der Waals surface area contributed by atoms with Gasteiger partial charge in [-0.2, -0.15) is 0 Å². The molecule has 0 saturated heterocycles. The molecule has 0 spiro atoms. The molecule has 0 heterocycles. The minimum atomic E-state index is -2.65. The summed E-state index contributed by atoms with van der Waals surface area (Å²) in [7, 11) is -2.65. The van der Waals surface area contributed by atoms with Crippen LogP contribution < -0.4 is 0 Å². The van der Waals surface area contributed by atoms with E-state index in [-0.39, 0.29) is 0 Å². The first-order valence-corrected chi connectivity index (χ1v) is 12.1. The maximum Gasteiger partial charge on any atom is 0.532 e. The van der Waals surface area contributed by atoms with E-state index in [9.17, 15) is 0 Å². The van der Waals surface area contributed by atoms with Crippen LogP contribution >= 0.6 is 0 Å². The lowest BCUT2D eigenvalue weighted by atomic mass is 10.3. The van der Waals surface area contributed by atoms with E-state index in [4.69, 9.17) is 13.3 Å². The highest BCUT2D eigenvalue weighted by molar-refractivity contribution is 6.68. The highest BCUT2D eigenvalue weighted by atomic mass is 28.4. The van der Waals surface area contributed by atoms with Crippen LogP contribution in [-0.4, -0.2) is 28.6 Å². The average molecular weight is 357 g/mol. The van der Waals surface area contributed by atoms with Gasteiger partial charge < -0.3 is 13.3 Å². The third-order valence-electron chi connectivity index (χ3n) is 4.55. The van der Waals surface area contributed by atoms with Crippen molar-refractivity contribution in [3.8, 4) is 0 Å². The summed E-state index contributed by atoms with van der Waals surface area (Å²) in [5, 5.41) is 1.35. The smallest absolute Gasteiger partial charge is 0.370 e. The molecule has 1 rings (SSSR count). The molecule has 0 radical (unpaired) electrons. The van der Waals surface area contributed by atoms with E-state index >= 15 is 0 Å². The summed E-state index contributed by atoms with van der Waals surface area (Å²) in [5.74, 6) is 0. The summed E-state index contributed by atoms with van der Waals surface area (Å²) in [6.07, 6.45) is 16.4. The van der Waals surface area contributed by atoms with Crippen molar-refractivity contribution < 1.29 is 13.3 Å². The van der Waals surface area contributed by atoms with Gasteiger partial charge in [0.05, 0.1) is 0 Å². The quantitative estimate of drug-likeness (QED) is 0.243. The lowest BCUT2D eigenvalue weighted by Crippen LogP contribution is -2.48. The maximum absolute atomic E-state index is 6.40. The molecular formula is C20H40O3Si. The molecule has 0 amide bonds. The van der Waals surface area contributed by atoms with Gasteiger partial charge in [0.25, 0.3) is 0 Å². The van der Waals surface area contributed by atoms with E-state index < -0.39 is 8.80 Å². The Balaban J connectivity index is 2.67. The minimum Gasteiger partial charge on any atom is -0.370 e. The lowest BCUT2D eigenvalue weighted by molar-refractivity contribution is 0.0637. The Bertz CT molecular complexity index is 300. The van der Waals surface area contributed by atoms with Gasteiger partial charge >= 0.3 is 8.80 Å². The fraction of sp³-hybridized carbons (Fsp3) is 0.900. The Labute approximate surface area is 151 Å². The van der Waals surface area contributed by atoms with Crippen molar-refractivity contribution in [2.24, 2.45) is 0 Å². The van der Waals surface area contributed by atoms with Gasteiger partial charge in [-0.1, -0.05) is 65.4 Å². The van der Waals surface area contributed by atoms with E-state index in [2.05, 4.69) is 26.8 Å². The molecule has 4 heteroatoms. The summed E-state index contributed by atoms with van der Waals surface area (Å²) < 4.78 is 19.2. The van der Waals surface area contributed by atoms with E-state index in [1.54, 1.807) is 0 Å². The second-order valence-electron chi connectivity index (χ2n) is 6.84. The molecule has 0 fully saturated rings. The fourth-order valence-electron chi connectivity index (χ4n) is 3.03. The Morgan fingerprint density at radius 2 is 1.21 bits per heavy atom. The Hall–Kier alpha value is -0.163. The molecule has 0 aromatic heterocycles. The van der Waals surface area contributed by atoms with Gasteiger partial charge in [0.1, 0.15) is 0 Å². The third-order valence-corrected chi connectivity index (χ3v) is 7.55. The zero-order valence-electron chi connectivity index (χ0n) is 16.4. The monoisotopic (exact) mass is 356 g/mol. The van der Waals surface area contributed by atoms with Crippen LogP contribution in [0, 0.1) is 0 Å². The van der Waals surface area contributed by atoms with Gasteiger partial charge in [-0.15, -0.1) is 0 Å². The van der Waals surface area contributed by atoms with Crippen LogP contribution in [0.3, 0.4) is 0 Å². The minimum absolute atomic E-state index is 0.777. The third kappa shape index (κ3) is 8.28. The van der Waals surface area contributed by atoms with Crippen molar-refractivity contribution in [3.05, 3.63) is 11.3 Å². The summed E-state index contributed by atoms with van der Waals surface area (Å²) in [6.45, 7) is 9.02. The standard InChI is InChI=1S/C20H40O3Si/c1-4-7-12-17-21-24(20-15-10-11-16-20,22-18-13-8-5-2)23-19-14-9-6-3/h15H,4-14,16-19H2,1-3H3. The largest absolute Gasteiger partial charge is 0.532 e. The highest BCUT2D eigenvalue weighted by Crippen LogP contribution is 2.31. The topological polar surface area (TPSA) is 27.7 Å². The second kappa shape index (κ2) is 14.1. The molecule has 0 bridgehead atoms. The second-order valence-corrected chi connectivity index (χ2v) is 9.47. The molecule has 0 unspecified atom stereocenters. The molecule has 1 aliphatic rings. The molecule has 3 nitrogen and oxygen atoms in total. The fourth-order valence-corrected chi connectivity index (χ4v) is 5.95. The van der Waals surface area contributed by atoms with E-state index in [1.807, 2.05) is 0 Å². The number of hydrogen-bond donors (Lipinski definition) is 0. The summed E-state index contributed by atoms with van der Waals surface area (Å²) in [6, 6.07) is 0. The van der Waals surface area contributed by atoms with E-state index in [0.717, 1.165) is 51.9 Å². The number of rotatable bonds is 16. The molecule has 0 aromatic carbocycles. The van der Waals surface area contributed by atoms with Crippen molar-refractivity contribution in [2.75, 3.05) is 19.8 Å². The van der Waals surface area contributed by atoms with Gasteiger partial charge in [-0.25, -0.2) is 0 Å². The lowest BCUT2D eigenvalue weighted by Gasteiger charge is -2.31. The molecule has 142 valence electrons. The van der Waals surface area contributed by atoms with E-state index in [1.165, 1.54) is 50.1 Å². The van der Waals surface area contributed by atoms with Crippen LogP contribution in [0.25, 0.3) is 0 Å². The Morgan fingerprint density at radius 1 is 0.750 bits per heavy atom. The Kier molecular flexibility index (Phi) is 12.8. The molecular weight excluding hydrogens is 316 g/mol. The first-order valence-electron chi connectivity index (χ1n) is 10.4. The predicted molar refractivity (Wildman–Crippen MR) is 104 cm³/mol. The van der Waals surface area contributed by atoms with Gasteiger partial charge in [0.15, 0.2) is 0 Å².